The molecule has 0 saturated carbocycles. The molecule has 3 aromatic carbocycles. The third-order valence-electron chi connectivity index (χ3n) is 6.04. The highest BCUT2D eigenvalue weighted by Crippen LogP contribution is 2.32. The summed E-state index contributed by atoms with van der Waals surface area (Å²) >= 11 is 0. The molecular formula is C29H32FN5O4. The molecule has 1 aromatic heterocycles. The second-order valence-corrected chi connectivity index (χ2v) is 10.2. The summed E-state index contributed by atoms with van der Waals surface area (Å²) in [6.45, 7) is 5.46. The predicted molar refractivity (Wildman–Crippen MR) is 145 cm³/mol. The standard InChI is InChI=1S/C29H32FN5O4/c1-29(2,3)31-28(37)27(20-14-22(38-4)16-23(15-20)39-5)34(17-19-10-12-21(30)13-11-19)26(36)18-35-25-9-7-6-8-24(25)32-33-35/h6-16,27H,17-18H2,1-5H3,(H,31,37)/t27-/m0/s1. The van der Waals surface area contributed by atoms with Crippen molar-refractivity contribution < 1.29 is 23.5 Å². The van der Waals surface area contributed by atoms with Gasteiger partial charge in [-0.3, -0.25) is 9.59 Å². The number of amides is 2. The van der Waals surface area contributed by atoms with E-state index in [1.165, 1.54) is 35.9 Å². The third-order valence-corrected chi connectivity index (χ3v) is 6.04. The van der Waals surface area contributed by atoms with Crippen molar-refractivity contribution in [3.8, 4) is 11.5 Å². The normalized spacial score (nSPS) is 12.2. The van der Waals surface area contributed by atoms with Gasteiger partial charge in [0.15, 0.2) is 0 Å². The second kappa shape index (κ2) is 11.5. The highest BCUT2D eigenvalue weighted by Gasteiger charge is 2.34. The smallest absolute Gasteiger partial charge is 0.247 e. The summed E-state index contributed by atoms with van der Waals surface area (Å²) in [4.78, 5) is 29.4. The fourth-order valence-electron chi connectivity index (χ4n) is 4.26. The maximum Gasteiger partial charge on any atom is 0.247 e. The number of hydrogen-bond acceptors (Lipinski definition) is 6. The van der Waals surface area contributed by atoms with Gasteiger partial charge in [0.05, 0.1) is 19.7 Å². The van der Waals surface area contributed by atoms with Gasteiger partial charge in [0.25, 0.3) is 0 Å². The Bertz CT molecular complexity index is 1440. The van der Waals surface area contributed by atoms with Crippen LogP contribution in [0, 0.1) is 5.82 Å². The lowest BCUT2D eigenvalue weighted by Crippen LogP contribution is -2.49. The minimum Gasteiger partial charge on any atom is -0.497 e. The Balaban J connectivity index is 1.82. The molecule has 0 fully saturated rings. The summed E-state index contributed by atoms with van der Waals surface area (Å²) < 4.78 is 26.1. The number of ether oxygens (including phenoxy) is 2. The molecule has 4 rings (SSSR count). The molecular weight excluding hydrogens is 501 g/mol. The van der Waals surface area contributed by atoms with E-state index in [0.29, 0.717) is 33.7 Å². The molecule has 0 aliphatic heterocycles. The molecule has 1 heterocycles. The van der Waals surface area contributed by atoms with E-state index < -0.39 is 23.3 Å². The van der Waals surface area contributed by atoms with Gasteiger partial charge in [0, 0.05) is 18.2 Å². The number of aromatic nitrogens is 3. The molecule has 0 unspecified atom stereocenters. The van der Waals surface area contributed by atoms with Gasteiger partial charge >= 0.3 is 0 Å². The van der Waals surface area contributed by atoms with Crippen LogP contribution in [0.15, 0.2) is 66.7 Å². The van der Waals surface area contributed by atoms with Crippen molar-refractivity contribution in [3.05, 3.63) is 83.7 Å². The van der Waals surface area contributed by atoms with Crippen LogP contribution in [-0.2, 0) is 22.7 Å². The Morgan fingerprint density at radius 2 is 1.64 bits per heavy atom. The van der Waals surface area contributed by atoms with E-state index in [0.717, 1.165) is 0 Å². The topological polar surface area (TPSA) is 98.6 Å². The van der Waals surface area contributed by atoms with E-state index in [9.17, 15) is 14.0 Å². The van der Waals surface area contributed by atoms with Crippen LogP contribution in [0.25, 0.3) is 11.0 Å². The van der Waals surface area contributed by atoms with Crippen LogP contribution in [-0.4, -0.2) is 51.5 Å². The fraction of sp³-hybridized carbons (Fsp3) is 0.310. The lowest BCUT2D eigenvalue weighted by Gasteiger charge is -2.34. The van der Waals surface area contributed by atoms with Gasteiger partial charge in [-0.15, -0.1) is 5.10 Å². The van der Waals surface area contributed by atoms with E-state index in [-0.39, 0.29) is 19.0 Å². The van der Waals surface area contributed by atoms with Crippen LogP contribution in [0.3, 0.4) is 0 Å². The number of benzene rings is 3. The van der Waals surface area contributed by atoms with Crippen LogP contribution in [0.4, 0.5) is 4.39 Å². The number of hydrogen-bond donors (Lipinski definition) is 1. The summed E-state index contributed by atoms with van der Waals surface area (Å²) in [6.07, 6.45) is 0. The Labute approximate surface area is 226 Å². The molecule has 0 radical (unpaired) electrons. The summed E-state index contributed by atoms with van der Waals surface area (Å²) in [5.74, 6) is -0.239. The Hall–Kier alpha value is -4.47. The number of fused-ring (bicyclic) bond motifs is 1. The number of methoxy groups -OCH3 is 2. The molecule has 39 heavy (non-hydrogen) atoms. The lowest BCUT2D eigenvalue weighted by atomic mass is 10.00. The van der Waals surface area contributed by atoms with Crippen LogP contribution in [0.1, 0.15) is 37.9 Å². The maximum absolute atomic E-state index is 14.0. The Morgan fingerprint density at radius 1 is 1.00 bits per heavy atom. The van der Waals surface area contributed by atoms with Crippen LogP contribution in [0.2, 0.25) is 0 Å². The number of carbonyl (C=O) groups is 2. The van der Waals surface area contributed by atoms with E-state index in [4.69, 9.17) is 9.47 Å². The molecule has 1 atom stereocenters. The number of para-hydroxylation sites is 1. The van der Waals surface area contributed by atoms with E-state index in [1.54, 1.807) is 30.3 Å². The first-order chi connectivity index (χ1) is 18.6. The first-order valence-electron chi connectivity index (χ1n) is 12.4. The summed E-state index contributed by atoms with van der Waals surface area (Å²) in [5.41, 5.74) is 1.90. The number of nitrogens with one attached hydrogen (secondary N) is 1. The number of carbonyl (C=O) groups excluding carboxylic acids is 2. The molecule has 1 N–H and O–H groups in total. The second-order valence-electron chi connectivity index (χ2n) is 10.2. The fourth-order valence-corrected chi connectivity index (χ4v) is 4.26. The zero-order valence-electron chi connectivity index (χ0n) is 22.6. The van der Waals surface area contributed by atoms with Gasteiger partial charge in [-0.2, -0.15) is 0 Å². The zero-order valence-corrected chi connectivity index (χ0v) is 22.6. The van der Waals surface area contributed by atoms with Crippen molar-refractivity contribution in [1.29, 1.82) is 0 Å². The quantitative estimate of drug-likeness (QED) is 0.345. The molecule has 2 amide bonds. The number of rotatable bonds is 9. The SMILES string of the molecule is COc1cc(OC)cc([C@@H](C(=O)NC(C)(C)C)N(Cc2ccc(F)cc2)C(=O)Cn2nnc3ccccc32)c1. The van der Waals surface area contributed by atoms with Gasteiger partial charge in [-0.25, -0.2) is 9.07 Å². The first kappa shape index (κ1) is 27.6. The lowest BCUT2D eigenvalue weighted by molar-refractivity contribution is -0.142. The summed E-state index contributed by atoms with van der Waals surface area (Å²) in [5, 5.41) is 11.3. The van der Waals surface area contributed by atoms with E-state index in [1.807, 2.05) is 45.0 Å². The van der Waals surface area contributed by atoms with Crippen molar-refractivity contribution in [2.24, 2.45) is 0 Å². The Kier molecular flexibility index (Phi) is 8.13. The molecule has 10 heteroatoms. The minimum atomic E-state index is -1.07. The number of halogens is 1. The molecule has 0 aliphatic rings. The van der Waals surface area contributed by atoms with Crippen molar-refractivity contribution in [1.82, 2.24) is 25.2 Å². The van der Waals surface area contributed by atoms with Gasteiger partial charge in [0.2, 0.25) is 11.8 Å². The number of nitrogens with zero attached hydrogens (tertiary/aromatic N) is 4. The average molecular weight is 534 g/mol. The summed E-state index contributed by atoms with van der Waals surface area (Å²) in [6, 6.07) is 17.1. The van der Waals surface area contributed by atoms with Crippen LogP contribution in [0.5, 0.6) is 11.5 Å². The zero-order chi connectivity index (χ0) is 28.2. The molecule has 4 aromatic rings. The first-order valence-corrected chi connectivity index (χ1v) is 12.4. The average Bonchev–Trinajstić information content (AvgIpc) is 3.30. The van der Waals surface area contributed by atoms with Crippen molar-refractivity contribution in [2.45, 2.75) is 45.4 Å². The van der Waals surface area contributed by atoms with Crippen LogP contribution >= 0.6 is 0 Å². The monoisotopic (exact) mass is 533 g/mol. The molecule has 0 spiro atoms. The van der Waals surface area contributed by atoms with Gasteiger partial charge in [-0.1, -0.05) is 29.5 Å². The van der Waals surface area contributed by atoms with Crippen molar-refractivity contribution >= 4 is 22.8 Å². The summed E-state index contributed by atoms with van der Waals surface area (Å²) in [7, 11) is 3.03. The van der Waals surface area contributed by atoms with Gasteiger partial charge in [0.1, 0.15) is 35.4 Å². The highest BCUT2D eigenvalue weighted by atomic mass is 19.1. The molecule has 0 saturated heterocycles. The molecule has 0 aliphatic carbocycles. The van der Waals surface area contributed by atoms with E-state index >= 15 is 0 Å². The highest BCUT2D eigenvalue weighted by molar-refractivity contribution is 5.89. The van der Waals surface area contributed by atoms with Crippen molar-refractivity contribution in [2.75, 3.05) is 14.2 Å². The van der Waals surface area contributed by atoms with E-state index in [2.05, 4.69) is 15.6 Å². The minimum absolute atomic E-state index is 0.0352. The van der Waals surface area contributed by atoms with Gasteiger partial charge < -0.3 is 19.7 Å². The third kappa shape index (κ3) is 6.70. The molecule has 0 bridgehead atoms. The predicted octanol–water partition coefficient (Wildman–Crippen LogP) is 4.27. The molecule has 9 nitrogen and oxygen atoms in total. The van der Waals surface area contributed by atoms with Crippen molar-refractivity contribution in [3.63, 3.8) is 0 Å². The molecule has 204 valence electrons. The van der Waals surface area contributed by atoms with Gasteiger partial charge in [-0.05, 0) is 68.3 Å². The van der Waals surface area contributed by atoms with Crippen LogP contribution < -0.4 is 14.8 Å². The Morgan fingerprint density at radius 3 is 2.26 bits per heavy atom. The largest absolute Gasteiger partial charge is 0.497 e. The maximum atomic E-state index is 14.0.